The highest BCUT2D eigenvalue weighted by Crippen LogP contribution is 2.02. The van der Waals surface area contributed by atoms with Gasteiger partial charge in [-0.15, -0.1) is 0 Å². The molecule has 13 heavy (non-hydrogen) atoms. The van der Waals surface area contributed by atoms with Crippen molar-refractivity contribution in [3.8, 4) is 0 Å². The molecule has 1 aromatic heterocycles. The lowest BCUT2D eigenvalue weighted by molar-refractivity contribution is 0.295. The first-order valence-corrected chi connectivity index (χ1v) is 4.74. The Morgan fingerprint density at radius 2 is 2.38 bits per heavy atom. The van der Waals surface area contributed by atoms with Gasteiger partial charge in [-0.25, -0.2) is 0 Å². The Balaban J connectivity index is 2.14. The molecule has 0 atom stereocenters. The molecule has 1 aromatic rings. The van der Waals surface area contributed by atoms with Crippen LogP contribution in [0, 0.1) is 0 Å². The lowest BCUT2D eigenvalue weighted by Crippen LogP contribution is -2.28. The van der Waals surface area contributed by atoms with E-state index in [4.69, 9.17) is 4.42 Å². The van der Waals surface area contributed by atoms with E-state index < -0.39 is 0 Å². The number of nitrogens with one attached hydrogen (secondary N) is 1. The largest absolute Gasteiger partial charge is 0.468 e. The average Bonchev–Trinajstić information content (AvgIpc) is 2.57. The lowest BCUT2D eigenvalue weighted by Gasteiger charge is -2.14. The number of likely N-dealkylation sites (N-methyl/N-ethyl adjacent to an activating group) is 2. The number of hydrogen-bond acceptors (Lipinski definition) is 3. The molecule has 1 N–H and O–H groups in total. The van der Waals surface area contributed by atoms with Gasteiger partial charge in [-0.05, 0) is 25.7 Å². The maximum Gasteiger partial charge on any atom is 0.117 e. The zero-order valence-corrected chi connectivity index (χ0v) is 8.42. The van der Waals surface area contributed by atoms with Gasteiger partial charge in [-0.1, -0.05) is 6.92 Å². The fourth-order valence-corrected chi connectivity index (χ4v) is 1.19. The first kappa shape index (κ1) is 10.3. The molecule has 0 spiro atoms. The molecule has 0 saturated heterocycles. The Morgan fingerprint density at radius 1 is 1.54 bits per heavy atom. The highest BCUT2D eigenvalue weighted by atomic mass is 16.3. The van der Waals surface area contributed by atoms with Crippen molar-refractivity contribution in [2.24, 2.45) is 0 Å². The molecule has 0 fully saturated rings. The predicted octanol–water partition coefficient (Wildman–Crippen LogP) is 1.32. The Morgan fingerprint density at radius 3 is 3.00 bits per heavy atom. The van der Waals surface area contributed by atoms with Gasteiger partial charge in [0.2, 0.25) is 0 Å². The summed E-state index contributed by atoms with van der Waals surface area (Å²) in [7, 11) is 2.10. The molecule has 0 aliphatic heterocycles. The Bertz CT molecular complexity index is 209. The standard InChI is InChI=1S/C10H18N2O/c1-3-11-6-7-12(2)9-10-5-4-8-13-10/h4-5,8,11H,3,6-7,9H2,1-2H3. The third kappa shape index (κ3) is 4.10. The second-order valence-corrected chi connectivity index (χ2v) is 3.17. The second-order valence-electron chi connectivity index (χ2n) is 3.17. The summed E-state index contributed by atoms with van der Waals surface area (Å²) in [4.78, 5) is 2.24. The minimum absolute atomic E-state index is 0.887. The van der Waals surface area contributed by atoms with Crippen molar-refractivity contribution in [3.63, 3.8) is 0 Å². The summed E-state index contributed by atoms with van der Waals surface area (Å²) >= 11 is 0. The topological polar surface area (TPSA) is 28.4 Å². The van der Waals surface area contributed by atoms with Gasteiger partial charge in [0.05, 0.1) is 12.8 Å². The normalized spacial score (nSPS) is 11.0. The van der Waals surface area contributed by atoms with Gasteiger partial charge < -0.3 is 9.73 Å². The van der Waals surface area contributed by atoms with Crippen molar-refractivity contribution in [1.29, 1.82) is 0 Å². The molecule has 3 nitrogen and oxygen atoms in total. The summed E-state index contributed by atoms with van der Waals surface area (Å²) in [5, 5.41) is 3.29. The number of furan rings is 1. The molecule has 3 heteroatoms. The average molecular weight is 182 g/mol. The van der Waals surface area contributed by atoms with Crippen molar-refractivity contribution in [1.82, 2.24) is 10.2 Å². The smallest absolute Gasteiger partial charge is 0.117 e. The van der Waals surface area contributed by atoms with Crippen LogP contribution in [-0.2, 0) is 6.54 Å². The van der Waals surface area contributed by atoms with E-state index >= 15 is 0 Å². The van der Waals surface area contributed by atoms with Crippen LogP contribution in [0.25, 0.3) is 0 Å². The first-order chi connectivity index (χ1) is 6.33. The van der Waals surface area contributed by atoms with Crippen molar-refractivity contribution in [2.45, 2.75) is 13.5 Å². The van der Waals surface area contributed by atoms with Crippen molar-refractivity contribution in [2.75, 3.05) is 26.7 Å². The molecule has 1 heterocycles. The summed E-state index contributed by atoms with van der Waals surface area (Å²) in [5.74, 6) is 1.03. The molecule has 0 amide bonds. The molecule has 0 unspecified atom stereocenters. The molecule has 0 bridgehead atoms. The maximum absolute atomic E-state index is 5.25. The minimum Gasteiger partial charge on any atom is -0.468 e. The van der Waals surface area contributed by atoms with E-state index in [0.29, 0.717) is 0 Å². The minimum atomic E-state index is 0.887. The molecular formula is C10H18N2O. The van der Waals surface area contributed by atoms with E-state index in [-0.39, 0.29) is 0 Å². The molecule has 0 aliphatic rings. The molecule has 1 rings (SSSR count). The lowest BCUT2D eigenvalue weighted by atomic mass is 10.4. The fraction of sp³-hybridized carbons (Fsp3) is 0.600. The van der Waals surface area contributed by atoms with Crippen LogP contribution in [0.2, 0.25) is 0 Å². The molecule has 0 aromatic carbocycles. The van der Waals surface area contributed by atoms with E-state index in [9.17, 15) is 0 Å². The van der Waals surface area contributed by atoms with Gasteiger partial charge in [0.25, 0.3) is 0 Å². The molecular weight excluding hydrogens is 164 g/mol. The van der Waals surface area contributed by atoms with Crippen LogP contribution in [0.3, 0.4) is 0 Å². The summed E-state index contributed by atoms with van der Waals surface area (Å²) in [6.45, 7) is 6.13. The molecule has 74 valence electrons. The van der Waals surface area contributed by atoms with Crippen LogP contribution in [0.4, 0.5) is 0 Å². The van der Waals surface area contributed by atoms with E-state index in [1.165, 1.54) is 0 Å². The fourth-order valence-electron chi connectivity index (χ4n) is 1.19. The van der Waals surface area contributed by atoms with Gasteiger partial charge in [-0.3, -0.25) is 4.90 Å². The van der Waals surface area contributed by atoms with Crippen LogP contribution < -0.4 is 5.32 Å². The van der Waals surface area contributed by atoms with E-state index in [1.54, 1.807) is 6.26 Å². The van der Waals surface area contributed by atoms with Crippen LogP contribution in [-0.4, -0.2) is 31.6 Å². The highest BCUT2D eigenvalue weighted by Gasteiger charge is 2.00. The third-order valence-corrected chi connectivity index (χ3v) is 1.93. The maximum atomic E-state index is 5.25. The summed E-state index contributed by atoms with van der Waals surface area (Å²) < 4.78 is 5.25. The predicted molar refractivity (Wildman–Crippen MR) is 53.6 cm³/mol. The van der Waals surface area contributed by atoms with E-state index in [2.05, 4.69) is 24.2 Å². The third-order valence-electron chi connectivity index (χ3n) is 1.93. The molecule has 0 radical (unpaired) electrons. The van der Waals surface area contributed by atoms with Crippen LogP contribution in [0.5, 0.6) is 0 Å². The van der Waals surface area contributed by atoms with E-state index in [1.807, 2.05) is 12.1 Å². The number of nitrogens with zero attached hydrogens (tertiary/aromatic N) is 1. The first-order valence-electron chi connectivity index (χ1n) is 4.74. The number of rotatable bonds is 6. The quantitative estimate of drug-likeness (QED) is 0.673. The van der Waals surface area contributed by atoms with Crippen molar-refractivity contribution >= 4 is 0 Å². The Kier molecular flexibility index (Phi) is 4.57. The summed E-state index contributed by atoms with van der Waals surface area (Å²) in [6, 6.07) is 3.93. The summed E-state index contributed by atoms with van der Waals surface area (Å²) in [6.07, 6.45) is 1.72. The van der Waals surface area contributed by atoms with Gasteiger partial charge in [-0.2, -0.15) is 0 Å². The van der Waals surface area contributed by atoms with Gasteiger partial charge in [0.15, 0.2) is 0 Å². The summed E-state index contributed by atoms with van der Waals surface area (Å²) in [5.41, 5.74) is 0. The second kappa shape index (κ2) is 5.78. The Hall–Kier alpha value is -0.800. The monoisotopic (exact) mass is 182 g/mol. The van der Waals surface area contributed by atoms with Crippen LogP contribution >= 0.6 is 0 Å². The van der Waals surface area contributed by atoms with Gasteiger partial charge in [0.1, 0.15) is 5.76 Å². The van der Waals surface area contributed by atoms with Gasteiger partial charge >= 0.3 is 0 Å². The van der Waals surface area contributed by atoms with Gasteiger partial charge in [0, 0.05) is 13.1 Å². The highest BCUT2D eigenvalue weighted by molar-refractivity contribution is 4.97. The SMILES string of the molecule is CCNCCN(C)Cc1ccco1. The number of hydrogen-bond donors (Lipinski definition) is 1. The van der Waals surface area contributed by atoms with Crippen molar-refractivity contribution in [3.05, 3.63) is 24.2 Å². The zero-order valence-electron chi connectivity index (χ0n) is 8.42. The molecule has 0 aliphatic carbocycles. The van der Waals surface area contributed by atoms with Crippen LogP contribution in [0.15, 0.2) is 22.8 Å². The zero-order chi connectivity index (χ0) is 9.52. The molecule has 0 saturated carbocycles. The Labute approximate surface area is 79.7 Å². The van der Waals surface area contributed by atoms with Crippen molar-refractivity contribution < 1.29 is 4.42 Å². The van der Waals surface area contributed by atoms with E-state index in [0.717, 1.165) is 31.9 Å². The van der Waals surface area contributed by atoms with Crippen LogP contribution in [0.1, 0.15) is 12.7 Å².